The van der Waals surface area contributed by atoms with Crippen LogP contribution in [0, 0.1) is 6.92 Å². The van der Waals surface area contributed by atoms with E-state index in [1.54, 1.807) is 28.5 Å². The van der Waals surface area contributed by atoms with Crippen molar-refractivity contribution in [1.82, 2.24) is 9.36 Å². The fourth-order valence-corrected chi connectivity index (χ4v) is 4.36. The van der Waals surface area contributed by atoms with Crippen molar-refractivity contribution in [1.29, 1.82) is 0 Å². The highest BCUT2D eigenvalue weighted by Gasteiger charge is 2.24. The Bertz CT molecular complexity index is 1130. The molecule has 0 fully saturated rings. The molecule has 0 aliphatic carbocycles. The van der Waals surface area contributed by atoms with Gasteiger partial charge < -0.3 is 9.64 Å². The van der Waals surface area contributed by atoms with Gasteiger partial charge in [0.15, 0.2) is 0 Å². The second kappa shape index (κ2) is 13.0. The van der Waals surface area contributed by atoms with Gasteiger partial charge in [-0.2, -0.15) is 0 Å². The van der Waals surface area contributed by atoms with Crippen molar-refractivity contribution in [3.8, 4) is 11.4 Å². The molecule has 1 aromatic heterocycles. The highest BCUT2D eigenvalue weighted by Crippen LogP contribution is 2.21. The number of anilines is 1. The largest absolute Gasteiger partial charge is 0.494 e. The maximum Gasteiger partial charge on any atom is 0.295 e. The number of carbonyl (C=O) groups excluding carboxylic acids is 1. The molecule has 0 spiro atoms. The summed E-state index contributed by atoms with van der Waals surface area (Å²) in [4.78, 5) is 27.8. The maximum absolute atomic E-state index is 13.2. The molecule has 1 amide bonds. The number of unbranched alkanes of at least 4 members (excludes halogenated alkanes) is 7. The first kappa shape index (κ1) is 26.3. The lowest BCUT2D eigenvalue weighted by atomic mass is 10.1. The van der Waals surface area contributed by atoms with Crippen LogP contribution < -0.4 is 15.2 Å². The van der Waals surface area contributed by atoms with Crippen molar-refractivity contribution in [3.63, 3.8) is 0 Å². The van der Waals surface area contributed by atoms with Crippen LogP contribution in [-0.2, 0) is 7.05 Å². The monoisotopic (exact) mass is 477 g/mol. The Balaban J connectivity index is 1.57. The molecule has 0 unspecified atom stereocenters. The summed E-state index contributed by atoms with van der Waals surface area (Å²) < 4.78 is 9.21. The van der Waals surface area contributed by atoms with Crippen LogP contribution in [0.3, 0.4) is 0 Å². The highest BCUT2D eigenvalue weighted by molar-refractivity contribution is 6.06. The lowest BCUT2D eigenvalue weighted by molar-refractivity contribution is 0.0992. The van der Waals surface area contributed by atoms with Crippen LogP contribution in [0.25, 0.3) is 5.69 Å². The van der Waals surface area contributed by atoms with E-state index in [2.05, 4.69) is 6.92 Å². The Hall–Kier alpha value is -3.28. The summed E-state index contributed by atoms with van der Waals surface area (Å²) in [6, 6.07) is 16.6. The van der Waals surface area contributed by atoms with Gasteiger partial charge in [-0.1, -0.05) is 70.1 Å². The average molecular weight is 478 g/mol. The molecule has 1 heterocycles. The Morgan fingerprint density at radius 2 is 1.49 bits per heavy atom. The second-order valence-corrected chi connectivity index (χ2v) is 9.12. The summed E-state index contributed by atoms with van der Waals surface area (Å²) >= 11 is 0. The zero-order valence-corrected chi connectivity index (χ0v) is 21.6. The molecule has 0 radical (unpaired) electrons. The highest BCUT2D eigenvalue weighted by atomic mass is 16.5. The zero-order chi connectivity index (χ0) is 25.2. The van der Waals surface area contributed by atoms with Crippen molar-refractivity contribution in [3.05, 3.63) is 76.2 Å². The Morgan fingerprint density at radius 3 is 2.11 bits per heavy atom. The summed E-state index contributed by atoms with van der Waals surface area (Å²) in [5.41, 5.74) is 2.14. The molecule has 0 N–H and O–H groups in total. The molecule has 0 saturated heterocycles. The number of amides is 1. The molecule has 0 aliphatic heterocycles. The fourth-order valence-electron chi connectivity index (χ4n) is 4.36. The van der Waals surface area contributed by atoms with E-state index in [0.29, 0.717) is 17.9 Å². The van der Waals surface area contributed by atoms with Gasteiger partial charge in [0.25, 0.3) is 11.5 Å². The van der Waals surface area contributed by atoms with Crippen LogP contribution in [-0.4, -0.2) is 28.9 Å². The summed E-state index contributed by atoms with van der Waals surface area (Å²) in [5.74, 6) is 0.528. The normalized spacial score (nSPS) is 11.0. The molecule has 0 aliphatic rings. The molecule has 35 heavy (non-hydrogen) atoms. The van der Waals surface area contributed by atoms with Crippen LogP contribution in [0.4, 0.5) is 5.69 Å². The summed E-state index contributed by atoms with van der Waals surface area (Å²) in [7, 11) is 3.47. The smallest absolute Gasteiger partial charge is 0.295 e. The third-order valence-electron chi connectivity index (χ3n) is 6.53. The summed E-state index contributed by atoms with van der Waals surface area (Å²) in [6.45, 7) is 4.78. The van der Waals surface area contributed by atoms with Crippen molar-refractivity contribution >= 4 is 11.6 Å². The third kappa shape index (κ3) is 6.65. The van der Waals surface area contributed by atoms with Crippen LogP contribution >= 0.6 is 0 Å². The molecule has 3 aromatic rings. The maximum atomic E-state index is 13.2. The molecule has 0 bridgehead atoms. The number of rotatable bonds is 13. The topological polar surface area (TPSA) is 56.5 Å². The van der Waals surface area contributed by atoms with Crippen molar-refractivity contribution < 1.29 is 9.53 Å². The van der Waals surface area contributed by atoms with Gasteiger partial charge in [0.2, 0.25) is 0 Å². The number of hydrogen-bond donors (Lipinski definition) is 0. The number of nitrogens with zero attached hydrogens (tertiary/aromatic N) is 3. The Labute approximate surface area is 209 Å². The van der Waals surface area contributed by atoms with Gasteiger partial charge in [0.05, 0.1) is 18.0 Å². The van der Waals surface area contributed by atoms with E-state index < -0.39 is 0 Å². The average Bonchev–Trinajstić information content (AvgIpc) is 3.10. The minimum atomic E-state index is -0.231. The Morgan fingerprint density at radius 1 is 0.886 bits per heavy atom. The van der Waals surface area contributed by atoms with Gasteiger partial charge >= 0.3 is 0 Å². The van der Waals surface area contributed by atoms with Gasteiger partial charge in [-0.15, -0.1) is 0 Å². The minimum absolute atomic E-state index is 0.225. The summed E-state index contributed by atoms with van der Waals surface area (Å²) in [6.07, 6.45) is 10.1. The van der Waals surface area contributed by atoms with Crippen molar-refractivity contribution in [2.24, 2.45) is 7.05 Å². The lowest BCUT2D eigenvalue weighted by Crippen LogP contribution is -2.31. The molecule has 0 saturated carbocycles. The molecule has 6 nitrogen and oxygen atoms in total. The van der Waals surface area contributed by atoms with Crippen molar-refractivity contribution in [2.45, 2.75) is 65.2 Å². The van der Waals surface area contributed by atoms with E-state index in [9.17, 15) is 9.59 Å². The molecular weight excluding hydrogens is 438 g/mol. The quantitative estimate of drug-likeness (QED) is 0.272. The van der Waals surface area contributed by atoms with E-state index in [1.165, 1.54) is 49.8 Å². The van der Waals surface area contributed by atoms with Gasteiger partial charge in [-0.05, 0) is 49.7 Å². The molecule has 3 rings (SSSR count). The SMILES string of the molecule is CCCCCCCCCCOc1ccc(C(=O)N(C)c2c(C)n(C)n(-c3ccccc3)c2=O)cc1. The first-order chi connectivity index (χ1) is 17.0. The first-order valence-corrected chi connectivity index (χ1v) is 12.8. The van der Waals surface area contributed by atoms with E-state index in [-0.39, 0.29) is 11.5 Å². The fraction of sp³-hybridized carbons (Fsp3) is 0.448. The molecule has 2 aromatic carbocycles. The van der Waals surface area contributed by atoms with Gasteiger partial charge in [-0.25, -0.2) is 4.68 Å². The van der Waals surface area contributed by atoms with Crippen LogP contribution in [0.5, 0.6) is 5.75 Å². The van der Waals surface area contributed by atoms with Crippen molar-refractivity contribution in [2.75, 3.05) is 18.6 Å². The number of aromatic nitrogens is 2. The van der Waals surface area contributed by atoms with E-state index in [4.69, 9.17) is 4.74 Å². The predicted molar refractivity (Wildman–Crippen MR) is 143 cm³/mol. The number of benzene rings is 2. The van der Waals surface area contributed by atoms with Gasteiger partial charge in [0.1, 0.15) is 11.4 Å². The van der Waals surface area contributed by atoms with E-state index >= 15 is 0 Å². The minimum Gasteiger partial charge on any atom is -0.494 e. The van der Waals surface area contributed by atoms with Crippen LogP contribution in [0.2, 0.25) is 0 Å². The number of hydrogen-bond acceptors (Lipinski definition) is 3. The predicted octanol–water partition coefficient (Wildman–Crippen LogP) is 6.28. The van der Waals surface area contributed by atoms with E-state index in [1.807, 2.05) is 56.4 Å². The van der Waals surface area contributed by atoms with Crippen LogP contribution in [0.15, 0.2) is 59.4 Å². The third-order valence-corrected chi connectivity index (χ3v) is 6.53. The zero-order valence-electron chi connectivity index (χ0n) is 21.6. The van der Waals surface area contributed by atoms with E-state index in [0.717, 1.165) is 23.6 Å². The van der Waals surface area contributed by atoms with Gasteiger partial charge in [0, 0.05) is 19.7 Å². The van der Waals surface area contributed by atoms with Gasteiger partial charge in [-0.3, -0.25) is 14.3 Å². The molecule has 0 atom stereocenters. The summed E-state index contributed by atoms with van der Waals surface area (Å²) in [5, 5.41) is 0. The number of para-hydroxylation sites is 1. The first-order valence-electron chi connectivity index (χ1n) is 12.8. The molecular formula is C29H39N3O3. The number of carbonyl (C=O) groups is 1. The lowest BCUT2D eigenvalue weighted by Gasteiger charge is -2.16. The Kier molecular flexibility index (Phi) is 9.76. The number of ether oxygens (including phenoxy) is 1. The standard InChI is InChI=1S/C29H39N3O3/c1-5-6-7-8-9-10-11-15-22-35-26-20-18-24(19-21-26)28(33)30(3)27-23(2)31(4)32(29(27)34)25-16-13-12-14-17-25/h12-14,16-21H,5-11,15,22H2,1-4H3. The molecule has 6 heteroatoms. The van der Waals surface area contributed by atoms with Crippen LogP contribution in [0.1, 0.15) is 74.3 Å². The molecule has 188 valence electrons. The second-order valence-electron chi connectivity index (χ2n) is 9.12.